The molecule has 6 heteroatoms. The van der Waals surface area contributed by atoms with Crippen LogP contribution in [-0.2, 0) is 6.54 Å². The Labute approximate surface area is 164 Å². The predicted molar refractivity (Wildman–Crippen MR) is 114 cm³/mol. The van der Waals surface area contributed by atoms with E-state index in [2.05, 4.69) is 78.7 Å². The monoisotopic (exact) mass is 372 g/mol. The Morgan fingerprint density at radius 2 is 1.93 bits per heavy atom. The molecule has 0 saturated carbocycles. The Balaban J connectivity index is 1.90. The lowest BCUT2D eigenvalue weighted by atomic mass is 10.2. The number of pyridine rings is 1. The number of aliphatic imine (C=N–C) groups is 1. The Hall–Kier alpha value is -2.08. The van der Waals surface area contributed by atoms with Gasteiger partial charge in [-0.15, -0.1) is 0 Å². The molecule has 0 fully saturated rings. The average molecular weight is 373 g/mol. The number of nitrogens with zero attached hydrogens (tertiary/aromatic N) is 4. The first-order chi connectivity index (χ1) is 12.9. The van der Waals surface area contributed by atoms with Gasteiger partial charge in [0.25, 0.3) is 0 Å². The van der Waals surface area contributed by atoms with E-state index in [4.69, 9.17) is 4.99 Å². The Morgan fingerprint density at radius 1 is 1.19 bits per heavy atom. The molecule has 0 aromatic carbocycles. The van der Waals surface area contributed by atoms with E-state index in [0.717, 1.165) is 43.4 Å². The van der Waals surface area contributed by atoms with Crippen LogP contribution in [-0.4, -0.2) is 52.0 Å². The molecule has 0 radical (unpaired) electrons. The van der Waals surface area contributed by atoms with Crippen LogP contribution in [0.15, 0.2) is 29.4 Å². The number of aryl methyl sites for hydroxylation is 1. The van der Waals surface area contributed by atoms with E-state index >= 15 is 0 Å². The number of hydrogen-bond acceptors (Lipinski definition) is 3. The minimum Gasteiger partial charge on any atom is -0.357 e. The first-order valence-electron chi connectivity index (χ1n) is 10.1. The van der Waals surface area contributed by atoms with Crippen molar-refractivity contribution in [2.45, 2.75) is 66.6 Å². The van der Waals surface area contributed by atoms with Crippen LogP contribution in [0, 0.1) is 6.92 Å². The van der Waals surface area contributed by atoms with Gasteiger partial charge in [0.1, 0.15) is 5.65 Å². The number of aromatic nitrogens is 2. The Bertz CT molecular complexity index is 723. The van der Waals surface area contributed by atoms with Gasteiger partial charge in [0.15, 0.2) is 5.96 Å². The fourth-order valence-corrected chi connectivity index (χ4v) is 3.36. The number of guanidine groups is 1. The quantitative estimate of drug-likeness (QED) is 0.403. The van der Waals surface area contributed by atoms with E-state index < -0.39 is 0 Å². The third-order valence-corrected chi connectivity index (χ3v) is 4.70. The molecule has 2 aromatic heterocycles. The second-order valence-electron chi connectivity index (χ2n) is 7.53. The highest BCUT2D eigenvalue weighted by Crippen LogP contribution is 2.09. The van der Waals surface area contributed by atoms with Crippen LogP contribution in [0.2, 0.25) is 0 Å². The molecule has 150 valence electrons. The van der Waals surface area contributed by atoms with Gasteiger partial charge < -0.3 is 15.0 Å². The van der Waals surface area contributed by atoms with Gasteiger partial charge in [-0.25, -0.2) is 9.98 Å². The van der Waals surface area contributed by atoms with E-state index in [1.165, 1.54) is 5.69 Å². The first-order valence-corrected chi connectivity index (χ1v) is 10.1. The topological polar surface area (TPSA) is 57.0 Å². The molecule has 0 aliphatic carbocycles. The van der Waals surface area contributed by atoms with Gasteiger partial charge in [0.05, 0.1) is 12.2 Å². The number of rotatable bonds is 9. The average Bonchev–Trinajstić information content (AvgIpc) is 3.03. The van der Waals surface area contributed by atoms with Crippen molar-refractivity contribution in [2.24, 2.45) is 4.99 Å². The van der Waals surface area contributed by atoms with Crippen molar-refractivity contribution >= 4 is 11.6 Å². The predicted octanol–water partition coefficient (Wildman–Crippen LogP) is 3.21. The van der Waals surface area contributed by atoms with E-state index in [1.54, 1.807) is 0 Å². The normalized spacial score (nSPS) is 12.6. The summed E-state index contributed by atoms with van der Waals surface area (Å²) >= 11 is 0. The molecule has 2 aromatic rings. The molecular formula is C21H36N6. The van der Waals surface area contributed by atoms with Gasteiger partial charge in [-0.2, -0.15) is 0 Å². The zero-order valence-electron chi connectivity index (χ0n) is 17.8. The van der Waals surface area contributed by atoms with E-state index in [-0.39, 0.29) is 0 Å². The number of nitrogens with one attached hydrogen (secondary N) is 2. The van der Waals surface area contributed by atoms with Crippen molar-refractivity contribution in [2.75, 3.05) is 19.6 Å². The molecule has 2 heterocycles. The maximum absolute atomic E-state index is 4.70. The molecule has 0 aliphatic heterocycles. The van der Waals surface area contributed by atoms with Crippen LogP contribution in [0.5, 0.6) is 0 Å². The lowest BCUT2D eigenvalue weighted by Gasteiger charge is -2.30. The van der Waals surface area contributed by atoms with Crippen LogP contribution in [0.4, 0.5) is 0 Å². The van der Waals surface area contributed by atoms with Gasteiger partial charge >= 0.3 is 0 Å². The second-order valence-corrected chi connectivity index (χ2v) is 7.53. The van der Waals surface area contributed by atoms with Gasteiger partial charge in [-0.1, -0.05) is 6.07 Å². The summed E-state index contributed by atoms with van der Waals surface area (Å²) < 4.78 is 2.11. The number of hydrogen-bond donors (Lipinski definition) is 2. The molecule has 0 bridgehead atoms. The maximum atomic E-state index is 4.70. The lowest BCUT2D eigenvalue weighted by molar-refractivity contribution is 0.173. The molecule has 6 nitrogen and oxygen atoms in total. The SMILES string of the molecule is CCNC(=NCc1cn2c(C)cccc2n1)NCCCN(C(C)C)C(C)C. The molecule has 0 aliphatic rings. The van der Waals surface area contributed by atoms with Crippen LogP contribution >= 0.6 is 0 Å². The van der Waals surface area contributed by atoms with Crippen LogP contribution in [0.25, 0.3) is 5.65 Å². The first kappa shape index (κ1) is 21.2. The van der Waals surface area contributed by atoms with Gasteiger partial charge in [0, 0.05) is 43.6 Å². The molecule has 0 amide bonds. The van der Waals surface area contributed by atoms with Gasteiger partial charge in [0.2, 0.25) is 0 Å². The summed E-state index contributed by atoms with van der Waals surface area (Å²) in [6.45, 7) is 16.6. The van der Waals surface area contributed by atoms with Crippen molar-refractivity contribution in [1.29, 1.82) is 0 Å². The van der Waals surface area contributed by atoms with Crippen molar-refractivity contribution in [3.8, 4) is 0 Å². The largest absolute Gasteiger partial charge is 0.357 e. The van der Waals surface area contributed by atoms with E-state index in [0.29, 0.717) is 18.6 Å². The zero-order chi connectivity index (χ0) is 19.8. The standard InChI is InChI=1S/C21H36N6/c1-7-22-21(23-12-9-13-26(16(2)3)17(4)5)24-14-19-15-27-18(6)10-8-11-20(27)25-19/h8,10-11,15-17H,7,9,12-14H2,1-6H3,(H2,22,23,24). The summed E-state index contributed by atoms with van der Waals surface area (Å²) in [5.41, 5.74) is 3.13. The summed E-state index contributed by atoms with van der Waals surface area (Å²) in [4.78, 5) is 11.9. The van der Waals surface area contributed by atoms with Crippen LogP contribution < -0.4 is 10.6 Å². The smallest absolute Gasteiger partial charge is 0.191 e. The van der Waals surface area contributed by atoms with Crippen molar-refractivity contribution in [3.63, 3.8) is 0 Å². The zero-order valence-corrected chi connectivity index (χ0v) is 17.8. The fraction of sp³-hybridized carbons (Fsp3) is 0.619. The van der Waals surface area contributed by atoms with Gasteiger partial charge in [-0.3, -0.25) is 4.90 Å². The number of fused-ring (bicyclic) bond motifs is 1. The van der Waals surface area contributed by atoms with Crippen molar-refractivity contribution in [3.05, 3.63) is 35.8 Å². The third-order valence-electron chi connectivity index (χ3n) is 4.70. The fourth-order valence-electron chi connectivity index (χ4n) is 3.36. The minimum atomic E-state index is 0.570. The maximum Gasteiger partial charge on any atom is 0.191 e. The Morgan fingerprint density at radius 3 is 2.56 bits per heavy atom. The summed E-state index contributed by atoms with van der Waals surface area (Å²) in [6.07, 6.45) is 3.16. The van der Waals surface area contributed by atoms with Crippen molar-refractivity contribution < 1.29 is 0 Å². The summed E-state index contributed by atoms with van der Waals surface area (Å²) in [7, 11) is 0. The molecule has 0 spiro atoms. The summed E-state index contributed by atoms with van der Waals surface area (Å²) in [5.74, 6) is 0.854. The highest BCUT2D eigenvalue weighted by atomic mass is 15.2. The van der Waals surface area contributed by atoms with Crippen molar-refractivity contribution in [1.82, 2.24) is 24.9 Å². The summed E-state index contributed by atoms with van der Waals surface area (Å²) in [6, 6.07) is 7.30. The second kappa shape index (κ2) is 10.3. The molecule has 0 unspecified atom stereocenters. The Kier molecular flexibility index (Phi) is 8.10. The van der Waals surface area contributed by atoms with Gasteiger partial charge in [-0.05, 0) is 60.1 Å². The summed E-state index contributed by atoms with van der Waals surface area (Å²) in [5, 5.41) is 6.77. The molecular weight excluding hydrogens is 336 g/mol. The van der Waals surface area contributed by atoms with Crippen LogP contribution in [0.3, 0.4) is 0 Å². The number of imidazole rings is 1. The van der Waals surface area contributed by atoms with E-state index in [1.807, 2.05) is 12.1 Å². The minimum absolute atomic E-state index is 0.570. The molecule has 0 atom stereocenters. The highest BCUT2D eigenvalue weighted by molar-refractivity contribution is 5.79. The molecule has 0 saturated heterocycles. The lowest BCUT2D eigenvalue weighted by Crippen LogP contribution is -2.41. The molecule has 27 heavy (non-hydrogen) atoms. The highest BCUT2D eigenvalue weighted by Gasteiger charge is 2.12. The molecule has 2 rings (SSSR count). The van der Waals surface area contributed by atoms with Crippen LogP contribution in [0.1, 0.15) is 52.4 Å². The van der Waals surface area contributed by atoms with E-state index in [9.17, 15) is 0 Å². The molecule has 2 N–H and O–H groups in total. The third kappa shape index (κ3) is 6.24.